The third kappa shape index (κ3) is 7.73. The fraction of sp³-hybridized carbons (Fsp3) is 0.692. The van der Waals surface area contributed by atoms with Crippen LogP contribution in [0.2, 0.25) is 0 Å². The molecular formula is C26H34O15. The van der Waals surface area contributed by atoms with Gasteiger partial charge in [0.05, 0.1) is 11.8 Å². The van der Waals surface area contributed by atoms with E-state index in [4.69, 9.17) is 37.9 Å². The first-order valence-electron chi connectivity index (χ1n) is 12.9. The fourth-order valence-electron chi connectivity index (χ4n) is 5.46. The highest BCUT2D eigenvalue weighted by atomic mass is 16.8. The first-order valence-corrected chi connectivity index (χ1v) is 12.9. The molecule has 10 unspecified atom stereocenters. The summed E-state index contributed by atoms with van der Waals surface area (Å²) in [6.07, 6.45) is -7.76. The number of carbonyl (C=O) groups excluding carboxylic acids is 5. The quantitative estimate of drug-likeness (QED) is 0.291. The summed E-state index contributed by atoms with van der Waals surface area (Å²) in [6, 6.07) is 0. The molecule has 15 heteroatoms. The van der Waals surface area contributed by atoms with E-state index in [2.05, 4.69) is 0 Å². The molecule has 228 valence electrons. The molecule has 1 saturated heterocycles. The number of esters is 5. The summed E-state index contributed by atoms with van der Waals surface area (Å²) >= 11 is 0. The average Bonchev–Trinajstić information content (AvgIpc) is 3.16. The highest BCUT2D eigenvalue weighted by molar-refractivity contribution is 5.87. The van der Waals surface area contributed by atoms with Crippen molar-refractivity contribution in [2.45, 2.75) is 91.1 Å². The zero-order valence-electron chi connectivity index (χ0n) is 23.4. The molecule has 0 radical (unpaired) electrons. The van der Waals surface area contributed by atoms with Crippen LogP contribution in [0.25, 0.3) is 0 Å². The lowest BCUT2D eigenvalue weighted by Crippen LogP contribution is -2.63. The van der Waals surface area contributed by atoms with Crippen molar-refractivity contribution < 1.29 is 71.8 Å². The molecule has 0 amide bonds. The summed E-state index contributed by atoms with van der Waals surface area (Å²) in [5.74, 6) is -6.61. The van der Waals surface area contributed by atoms with Crippen LogP contribution in [0.4, 0.5) is 0 Å². The molecule has 2 fully saturated rings. The Labute approximate surface area is 235 Å². The van der Waals surface area contributed by atoms with Crippen LogP contribution in [-0.4, -0.2) is 90.6 Å². The van der Waals surface area contributed by atoms with Crippen LogP contribution in [-0.2, 0) is 66.7 Å². The lowest BCUT2D eigenvalue weighted by Gasteiger charge is -2.45. The Hall–Kier alpha value is -3.72. The molecule has 0 bridgehead atoms. The number of ether oxygens (including phenoxy) is 8. The van der Waals surface area contributed by atoms with Gasteiger partial charge in [0.1, 0.15) is 18.8 Å². The number of carboxylic acid groups (broad SMARTS) is 1. The van der Waals surface area contributed by atoms with Crippen molar-refractivity contribution in [3.63, 3.8) is 0 Å². The van der Waals surface area contributed by atoms with E-state index >= 15 is 0 Å². The van der Waals surface area contributed by atoms with Gasteiger partial charge < -0.3 is 43.0 Å². The van der Waals surface area contributed by atoms with E-state index in [9.17, 15) is 33.9 Å². The summed E-state index contributed by atoms with van der Waals surface area (Å²) in [5.41, 5.74) is -0.0436. The highest BCUT2D eigenvalue weighted by Gasteiger charge is 2.57. The second kappa shape index (κ2) is 13.3. The third-order valence-electron chi connectivity index (χ3n) is 6.97. The van der Waals surface area contributed by atoms with Crippen LogP contribution in [0.1, 0.15) is 48.0 Å². The lowest BCUT2D eigenvalue weighted by molar-refractivity contribution is -0.345. The van der Waals surface area contributed by atoms with Gasteiger partial charge in [0.25, 0.3) is 0 Å². The zero-order valence-corrected chi connectivity index (χ0v) is 23.4. The Morgan fingerprint density at radius 2 is 1.37 bits per heavy atom. The molecule has 3 rings (SSSR count). The van der Waals surface area contributed by atoms with Crippen molar-refractivity contribution in [2.75, 3.05) is 6.61 Å². The Morgan fingerprint density at radius 1 is 0.805 bits per heavy atom. The van der Waals surface area contributed by atoms with Crippen LogP contribution < -0.4 is 0 Å². The van der Waals surface area contributed by atoms with E-state index in [1.165, 1.54) is 6.92 Å². The minimum atomic E-state index is -1.54. The molecule has 0 spiro atoms. The maximum atomic E-state index is 12.1. The van der Waals surface area contributed by atoms with Crippen LogP contribution in [0, 0.1) is 17.8 Å². The lowest BCUT2D eigenvalue weighted by atomic mass is 9.83. The van der Waals surface area contributed by atoms with Gasteiger partial charge in [-0.15, -0.1) is 0 Å². The standard InChI is InChI=1S/C26H34O15/c1-10-18(36-12(3)28)7-16-17(24(32)33)8-35-25(20(10)16)41-26-23(39-15(6)31)22(38-14(5)30)21(37-13(4)29)19(40-26)9-34-11(2)27/h8,10,16,18-23,25-26H,7,9H2,1-6H3,(H,32,33). The van der Waals surface area contributed by atoms with Crippen LogP contribution in [0.15, 0.2) is 11.8 Å². The molecule has 41 heavy (non-hydrogen) atoms. The van der Waals surface area contributed by atoms with Crippen molar-refractivity contribution in [3.05, 3.63) is 11.8 Å². The number of carbonyl (C=O) groups is 6. The number of hydrogen-bond donors (Lipinski definition) is 1. The van der Waals surface area contributed by atoms with Crippen LogP contribution in [0.3, 0.4) is 0 Å². The van der Waals surface area contributed by atoms with E-state index in [0.717, 1.165) is 34.0 Å². The van der Waals surface area contributed by atoms with Gasteiger partial charge in [-0.3, -0.25) is 24.0 Å². The molecule has 3 aliphatic rings. The third-order valence-corrected chi connectivity index (χ3v) is 6.97. The molecule has 1 N–H and O–H groups in total. The summed E-state index contributed by atoms with van der Waals surface area (Å²) in [6.45, 7) is 6.95. The molecular weight excluding hydrogens is 552 g/mol. The number of rotatable bonds is 9. The van der Waals surface area contributed by atoms with Gasteiger partial charge in [-0.2, -0.15) is 0 Å². The molecule has 1 saturated carbocycles. The Morgan fingerprint density at radius 3 is 1.90 bits per heavy atom. The SMILES string of the molecule is CC(=O)OCC1OC(OC2OC=C(C(=O)O)C3CC(OC(C)=O)C(C)C23)C(OC(C)=O)C(OC(C)=O)C1OC(C)=O. The van der Waals surface area contributed by atoms with E-state index in [-0.39, 0.29) is 12.0 Å². The molecule has 10 atom stereocenters. The summed E-state index contributed by atoms with van der Waals surface area (Å²) in [4.78, 5) is 71.3. The maximum Gasteiger partial charge on any atom is 0.334 e. The van der Waals surface area contributed by atoms with Crippen molar-refractivity contribution in [1.29, 1.82) is 0 Å². The highest BCUT2D eigenvalue weighted by Crippen LogP contribution is 2.48. The van der Waals surface area contributed by atoms with E-state index < -0.39 is 103 Å². The van der Waals surface area contributed by atoms with Gasteiger partial charge in [0.2, 0.25) is 12.6 Å². The number of carboxylic acids is 1. The predicted octanol–water partition coefficient (Wildman–Crippen LogP) is 0.615. The Kier molecular flexibility index (Phi) is 10.3. The minimum absolute atomic E-state index is 0.0436. The van der Waals surface area contributed by atoms with Crippen molar-refractivity contribution in [1.82, 2.24) is 0 Å². The fourth-order valence-corrected chi connectivity index (χ4v) is 5.46. The van der Waals surface area contributed by atoms with Crippen LogP contribution >= 0.6 is 0 Å². The Balaban J connectivity index is 2.00. The number of aliphatic carboxylic acids is 1. The molecule has 0 aromatic rings. The number of fused-ring (bicyclic) bond motifs is 1. The van der Waals surface area contributed by atoms with Gasteiger partial charge in [0, 0.05) is 52.4 Å². The van der Waals surface area contributed by atoms with Gasteiger partial charge in [-0.25, -0.2) is 4.79 Å². The Bertz CT molecular complexity index is 1080. The van der Waals surface area contributed by atoms with Crippen molar-refractivity contribution in [3.8, 4) is 0 Å². The summed E-state index contributed by atoms with van der Waals surface area (Å²) < 4.78 is 44.5. The van der Waals surface area contributed by atoms with E-state index in [0.29, 0.717) is 0 Å². The largest absolute Gasteiger partial charge is 0.478 e. The second-order valence-electron chi connectivity index (χ2n) is 10.0. The first kappa shape index (κ1) is 31.8. The molecule has 15 nitrogen and oxygen atoms in total. The first-order chi connectivity index (χ1) is 19.2. The van der Waals surface area contributed by atoms with Gasteiger partial charge in [0.15, 0.2) is 18.3 Å². The molecule has 2 heterocycles. The monoisotopic (exact) mass is 586 g/mol. The second-order valence-corrected chi connectivity index (χ2v) is 10.0. The molecule has 0 aromatic heterocycles. The van der Waals surface area contributed by atoms with Gasteiger partial charge in [-0.05, 0) is 6.42 Å². The minimum Gasteiger partial charge on any atom is -0.478 e. The molecule has 2 aliphatic heterocycles. The van der Waals surface area contributed by atoms with Crippen molar-refractivity contribution in [2.24, 2.45) is 17.8 Å². The average molecular weight is 587 g/mol. The normalized spacial score (nSPS) is 34.1. The summed E-state index contributed by atoms with van der Waals surface area (Å²) in [5, 5.41) is 9.74. The maximum absolute atomic E-state index is 12.1. The smallest absolute Gasteiger partial charge is 0.334 e. The predicted molar refractivity (Wildman–Crippen MR) is 130 cm³/mol. The molecule has 1 aliphatic carbocycles. The van der Waals surface area contributed by atoms with E-state index in [1.807, 2.05) is 0 Å². The van der Waals surface area contributed by atoms with Crippen LogP contribution in [0.5, 0.6) is 0 Å². The van der Waals surface area contributed by atoms with Crippen molar-refractivity contribution >= 4 is 35.8 Å². The summed E-state index contributed by atoms with van der Waals surface area (Å²) in [7, 11) is 0. The van der Waals surface area contributed by atoms with Gasteiger partial charge >= 0.3 is 35.8 Å². The van der Waals surface area contributed by atoms with Gasteiger partial charge in [-0.1, -0.05) is 6.92 Å². The number of hydrogen-bond acceptors (Lipinski definition) is 14. The van der Waals surface area contributed by atoms with E-state index in [1.54, 1.807) is 6.92 Å². The zero-order chi connectivity index (χ0) is 30.6. The topological polar surface area (TPSA) is 196 Å². The molecule has 0 aromatic carbocycles.